The Kier molecular flexibility index (Phi) is 57.9. The third-order valence-corrected chi connectivity index (χ3v) is 19.3. The molecular weight excluding hydrogens is 1430 g/mol. The number of ketones is 5. The smallest absolute Gasteiger partial charge is 0.306 e. The molecule has 1 aliphatic carbocycles. The van der Waals surface area contributed by atoms with E-state index in [4.69, 9.17) is 45.1 Å². The Morgan fingerprint density at radius 2 is 0.918 bits per heavy atom. The molecule has 12 N–H and O–H groups in total. The molecule has 0 unspecified atom stereocenters. The Morgan fingerprint density at radius 1 is 0.436 bits per heavy atom. The molecular formula is C80H130N6O24. The van der Waals surface area contributed by atoms with Crippen molar-refractivity contribution >= 4 is 88.3 Å². The molecule has 30 nitrogen and oxygen atoms in total. The summed E-state index contributed by atoms with van der Waals surface area (Å²) in [5, 5.41) is 59.1. The van der Waals surface area contributed by atoms with E-state index in [0.29, 0.717) is 83.2 Å². The second kappa shape index (κ2) is 63.7. The van der Waals surface area contributed by atoms with Crippen molar-refractivity contribution in [2.24, 2.45) is 29.4 Å². The van der Waals surface area contributed by atoms with Gasteiger partial charge in [-0.05, 0) is 135 Å². The number of aliphatic carboxylic acids is 5. The topological polar surface area (TPSA) is 480 Å². The van der Waals surface area contributed by atoms with E-state index >= 15 is 0 Å². The first-order valence-electron chi connectivity index (χ1n) is 39.8. The minimum atomic E-state index is -1.26. The second-order valence-corrected chi connectivity index (χ2v) is 28.7. The van der Waals surface area contributed by atoms with Crippen LogP contribution in [-0.2, 0) is 86.1 Å². The van der Waals surface area contributed by atoms with Gasteiger partial charge in [0.05, 0.1) is 44.4 Å². The number of unbranched alkanes of at least 4 members (excludes halogenated alkanes) is 16. The number of ether oxygens (including phenoxy) is 4. The molecule has 2 rings (SSSR count). The van der Waals surface area contributed by atoms with Gasteiger partial charge < -0.3 is 76.8 Å². The van der Waals surface area contributed by atoms with Crippen LogP contribution in [0.2, 0.25) is 0 Å². The maximum Gasteiger partial charge on any atom is 0.306 e. The van der Waals surface area contributed by atoms with E-state index in [0.717, 1.165) is 56.9 Å². The number of nitrogens with one attached hydrogen (secondary N) is 5. The van der Waals surface area contributed by atoms with Crippen LogP contribution in [0.25, 0.3) is 0 Å². The molecule has 0 radical (unpaired) electrons. The summed E-state index contributed by atoms with van der Waals surface area (Å²) in [4.78, 5) is 179. The number of Topliss-reactive ketones (excluding diaryl/α,β-unsaturated/α-hetero) is 5. The van der Waals surface area contributed by atoms with Crippen molar-refractivity contribution in [3.05, 3.63) is 35.4 Å². The Bertz CT molecular complexity index is 2900. The maximum atomic E-state index is 13.1. The summed E-state index contributed by atoms with van der Waals surface area (Å²) in [6.45, 7) is 5.46. The number of carbonyl (C=O) groups excluding carboxylic acids is 10. The molecule has 1 aromatic carbocycles. The summed E-state index contributed by atoms with van der Waals surface area (Å²) in [7, 11) is 1.63. The molecule has 0 heterocycles. The molecule has 110 heavy (non-hydrogen) atoms. The number of rotatable bonds is 70. The van der Waals surface area contributed by atoms with Crippen LogP contribution in [0.4, 0.5) is 0 Å². The lowest BCUT2D eigenvalue weighted by molar-refractivity contribution is -0.145. The number of benzene rings is 1. The molecule has 0 spiro atoms. The van der Waals surface area contributed by atoms with Crippen molar-refractivity contribution in [2.45, 2.75) is 282 Å². The number of carbonyl (C=O) groups is 15. The molecule has 624 valence electrons. The van der Waals surface area contributed by atoms with Crippen LogP contribution >= 0.6 is 0 Å². The average molecular weight is 1560 g/mol. The number of likely N-dealkylation sites (N-methyl/N-ethyl adjacent to an activating group) is 1. The van der Waals surface area contributed by atoms with E-state index in [1.54, 1.807) is 19.2 Å². The van der Waals surface area contributed by atoms with Gasteiger partial charge in [-0.1, -0.05) is 108 Å². The van der Waals surface area contributed by atoms with Crippen LogP contribution in [0.5, 0.6) is 0 Å². The van der Waals surface area contributed by atoms with Gasteiger partial charge in [0.15, 0.2) is 11.6 Å². The largest absolute Gasteiger partial charge is 0.481 e. The summed E-state index contributed by atoms with van der Waals surface area (Å²) in [5.41, 5.74) is 7.07. The fourth-order valence-electron chi connectivity index (χ4n) is 12.6. The quantitative estimate of drug-likeness (QED) is 0.0271. The lowest BCUT2D eigenvalue weighted by atomic mass is 9.78. The first kappa shape index (κ1) is 100. The zero-order valence-electron chi connectivity index (χ0n) is 65.6. The monoisotopic (exact) mass is 1560 g/mol. The van der Waals surface area contributed by atoms with Gasteiger partial charge in [-0.25, -0.2) is 0 Å². The lowest BCUT2D eigenvalue weighted by Crippen LogP contribution is -2.45. The molecule has 0 saturated heterocycles. The molecule has 1 aliphatic rings. The van der Waals surface area contributed by atoms with E-state index < -0.39 is 95.5 Å². The van der Waals surface area contributed by atoms with Gasteiger partial charge in [0, 0.05) is 108 Å². The number of amides is 5. The number of hydrogen-bond donors (Lipinski definition) is 11. The first-order valence-corrected chi connectivity index (χ1v) is 39.8. The number of carboxylic acids is 5. The number of nitrogens with two attached hydrogens (primary N) is 1. The van der Waals surface area contributed by atoms with Crippen molar-refractivity contribution in [2.75, 3.05) is 73.0 Å². The second-order valence-electron chi connectivity index (χ2n) is 28.7. The summed E-state index contributed by atoms with van der Waals surface area (Å²) in [5.74, 6) is -10.6. The normalized spacial score (nSPS) is 14.6. The van der Waals surface area contributed by atoms with Gasteiger partial charge in [-0.15, -0.1) is 0 Å². The van der Waals surface area contributed by atoms with Crippen LogP contribution in [0.1, 0.15) is 273 Å². The number of carboxylic acid groups (broad SMARTS) is 5. The fourth-order valence-corrected chi connectivity index (χ4v) is 12.6. The molecule has 0 bridgehead atoms. The summed E-state index contributed by atoms with van der Waals surface area (Å²) in [6.07, 6.45) is 22.9. The number of aryl methyl sites for hydroxylation is 1. The van der Waals surface area contributed by atoms with Crippen LogP contribution in [-0.4, -0.2) is 205 Å². The van der Waals surface area contributed by atoms with Crippen molar-refractivity contribution in [3.63, 3.8) is 0 Å². The first-order chi connectivity index (χ1) is 52.6. The lowest BCUT2D eigenvalue weighted by Gasteiger charge is -2.28. The van der Waals surface area contributed by atoms with Gasteiger partial charge in [0.1, 0.15) is 36.6 Å². The van der Waals surface area contributed by atoms with Crippen molar-refractivity contribution in [1.29, 1.82) is 0 Å². The Balaban J connectivity index is 0.00000113. The van der Waals surface area contributed by atoms with E-state index in [-0.39, 0.29) is 158 Å². The zero-order valence-corrected chi connectivity index (χ0v) is 65.6. The average Bonchev–Trinajstić information content (AvgIpc) is 0.879. The van der Waals surface area contributed by atoms with E-state index in [1.807, 2.05) is 19.1 Å². The molecule has 5 atom stereocenters. The Labute approximate surface area is 648 Å². The molecule has 0 aromatic heterocycles. The third kappa shape index (κ3) is 54.6. The molecule has 1 saturated carbocycles. The van der Waals surface area contributed by atoms with Crippen molar-refractivity contribution < 1.29 is 116 Å². The van der Waals surface area contributed by atoms with E-state index in [1.165, 1.54) is 71.1 Å². The summed E-state index contributed by atoms with van der Waals surface area (Å²) in [6, 6.07) is 4.67. The fraction of sp³-hybridized carbons (Fsp3) is 0.738. The van der Waals surface area contributed by atoms with E-state index in [9.17, 15) is 77.0 Å². The Hall–Kier alpha value is -7.93. The summed E-state index contributed by atoms with van der Waals surface area (Å²) < 4.78 is 21.5. The van der Waals surface area contributed by atoms with Gasteiger partial charge >= 0.3 is 29.8 Å². The number of primary amides is 1. The van der Waals surface area contributed by atoms with Crippen LogP contribution in [0.15, 0.2) is 24.3 Å². The van der Waals surface area contributed by atoms with Crippen LogP contribution in [0.3, 0.4) is 0 Å². The van der Waals surface area contributed by atoms with Crippen LogP contribution < -0.4 is 32.3 Å². The standard InChI is InChI=1S/C46H76N2O13.C34H54N4O11/c1-33(49)36(25-28-44(56)57)30-40(51)38(26-29-45(58)59)48-42(53)27-24-37(46(60)61)31-39(50)35-22-20-34(21-23-35)32-47-41(52)18-16-14-12-10-8-6-4-2-3-5-7-9-11-13-15-17-19-43(54)55;1-25-10-12-26(13-11-25)34(45)37-16-4-3-8-29(33(35)44)38-31(41)24-49-22-20-46-17-5-7-27(39)23-48-21-19-47-18-6-9-30(40)28(36-2)14-15-32(42)43/h34-38H,2-32H2,1H3,(H,47,52)(H,48,53)(H,54,55)(H,56,57)(H,58,59)(H,60,61);10-13,28-29,36H,3-9,14-24H2,1-2H3,(H2,35,44)(H,37,45)(H,38,41)(H,42,43)/t34?,35?,36-,37-,38+;28-,29-/m10/s1. The molecule has 1 fully saturated rings. The maximum absolute atomic E-state index is 13.1. The molecule has 5 amide bonds. The number of hydrogen-bond acceptors (Lipinski definition) is 20. The highest BCUT2D eigenvalue weighted by atomic mass is 16.5. The van der Waals surface area contributed by atoms with Gasteiger partial charge in [-0.2, -0.15) is 0 Å². The molecule has 0 aliphatic heterocycles. The minimum absolute atomic E-state index is 0.0373. The van der Waals surface area contributed by atoms with Crippen molar-refractivity contribution in [1.82, 2.24) is 26.6 Å². The van der Waals surface area contributed by atoms with Gasteiger partial charge in [-0.3, -0.25) is 71.9 Å². The SMILES string of the molecule is CC(=O)[C@H](CCC(=O)O)CC(=O)[C@H](CCC(=O)O)NC(=O)CC[C@H](CC(=O)C1CCC(CNC(=O)CCCCCCCCCCCCCCCCCCC(=O)O)CC1)C(=O)O.CN[C@@H](CCC(=O)O)C(=O)CCCOCCOCC(=O)CCCOCCOCC(=O)N[C@@H](CCCCNC(=O)c1ccc(C)cc1)C(N)=O. The van der Waals surface area contributed by atoms with E-state index in [2.05, 4.69) is 26.6 Å². The van der Waals surface area contributed by atoms with Crippen molar-refractivity contribution in [3.8, 4) is 0 Å². The third-order valence-electron chi connectivity index (χ3n) is 19.3. The highest BCUT2D eigenvalue weighted by Crippen LogP contribution is 2.31. The van der Waals surface area contributed by atoms with Crippen LogP contribution in [0, 0.1) is 30.6 Å². The highest BCUT2D eigenvalue weighted by molar-refractivity contribution is 5.95. The highest BCUT2D eigenvalue weighted by Gasteiger charge is 2.32. The minimum Gasteiger partial charge on any atom is -0.481 e. The predicted molar refractivity (Wildman–Crippen MR) is 409 cm³/mol. The molecule has 30 heteroatoms. The predicted octanol–water partition coefficient (Wildman–Crippen LogP) is 8.92. The molecule has 1 aromatic rings. The van der Waals surface area contributed by atoms with Gasteiger partial charge in [0.25, 0.3) is 5.91 Å². The zero-order chi connectivity index (χ0) is 81.7. The summed E-state index contributed by atoms with van der Waals surface area (Å²) >= 11 is 0. The van der Waals surface area contributed by atoms with Gasteiger partial charge in [0.2, 0.25) is 23.6 Å². The Morgan fingerprint density at radius 3 is 1.44 bits per heavy atom.